The zero-order valence-electron chi connectivity index (χ0n) is 18.4. The first-order valence-corrected chi connectivity index (χ1v) is 10.7. The number of hydrogen-bond donors (Lipinski definition) is 0. The van der Waals surface area contributed by atoms with Crippen LogP contribution in [0.15, 0.2) is 42.5 Å². The Morgan fingerprint density at radius 2 is 1.83 bits per heavy atom. The minimum Gasteiger partial charge on any atom is -0.342 e. The van der Waals surface area contributed by atoms with Crippen LogP contribution >= 0.6 is 0 Å². The van der Waals surface area contributed by atoms with E-state index in [2.05, 4.69) is 18.7 Å². The average molecular weight is 415 g/mol. The number of hydrogen-bond acceptors (Lipinski definition) is 2. The molecule has 0 aromatic heterocycles. The lowest BCUT2D eigenvalue weighted by atomic mass is 9.88. The van der Waals surface area contributed by atoms with Crippen molar-refractivity contribution in [2.45, 2.75) is 40.2 Å². The second-order valence-electron chi connectivity index (χ2n) is 9.02. The van der Waals surface area contributed by atoms with Crippen LogP contribution in [0, 0.1) is 30.4 Å². The van der Waals surface area contributed by atoms with E-state index in [4.69, 9.17) is 0 Å². The van der Waals surface area contributed by atoms with E-state index in [1.807, 2.05) is 30.0 Å². The summed E-state index contributed by atoms with van der Waals surface area (Å²) < 4.78 is 27.8. The molecule has 3 nitrogen and oxygen atoms in total. The van der Waals surface area contributed by atoms with Crippen molar-refractivity contribution in [1.82, 2.24) is 9.80 Å². The molecule has 2 atom stereocenters. The van der Waals surface area contributed by atoms with Crippen LogP contribution in [0.5, 0.6) is 0 Å². The molecule has 0 aliphatic carbocycles. The molecule has 1 heterocycles. The molecule has 3 rings (SSSR count). The summed E-state index contributed by atoms with van der Waals surface area (Å²) in [6.45, 7) is 11.2. The van der Waals surface area contributed by atoms with Gasteiger partial charge in [0.15, 0.2) is 0 Å². The Hall–Kier alpha value is -2.27. The normalized spacial score (nSPS) is 19.4. The molecule has 0 spiro atoms. The van der Waals surface area contributed by atoms with Crippen LogP contribution in [0.1, 0.15) is 43.4 Å². The summed E-state index contributed by atoms with van der Waals surface area (Å²) in [5, 5.41) is 0. The number of carbonyl (C=O) groups excluding carboxylic acids is 1. The van der Waals surface area contributed by atoms with Crippen molar-refractivity contribution in [3.8, 4) is 0 Å². The first kappa shape index (κ1) is 22.4. The molecule has 162 valence electrons. The van der Waals surface area contributed by atoms with Crippen molar-refractivity contribution in [3.05, 3.63) is 70.8 Å². The van der Waals surface area contributed by atoms with Crippen LogP contribution in [0.3, 0.4) is 0 Å². The highest BCUT2D eigenvalue weighted by Gasteiger charge is 2.35. The van der Waals surface area contributed by atoms with E-state index >= 15 is 0 Å². The number of rotatable bonds is 7. The molecule has 1 amide bonds. The third-order valence-electron chi connectivity index (χ3n) is 5.90. The molecule has 30 heavy (non-hydrogen) atoms. The molecule has 1 aliphatic rings. The lowest BCUT2D eigenvalue weighted by Crippen LogP contribution is -2.38. The van der Waals surface area contributed by atoms with Gasteiger partial charge in [-0.05, 0) is 42.5 Å². The highest BCUT2D eigenvalue weighted by molar-refractivity contribution is 5.73. The molecule has 2 aromatic carbocycles. The Morgan fingerprint density at radius 3 is 2.47 bits per heavy atom. The SMILES string of the molecule is CC(=O)N(CC(C)C)C[C@@H]1CN(Cc2cc(C)ccc2F)C[C@@H]1c1ccc(F)cc1. The highest BCUT2D eigenvalue weighted by Crippen LogP contribution is 2.34. The number of benzene rings is 2. The lowest BCUT2D eigenvalue weighted by molar-refractivity contribution is -0.130. The van der Waals surface area contributed by atoms with Crippen molar-refractivity contribution in [3.63, 3.8) is 0 Å². The van der Waals surface area contributed by atoms with E-state index in [9.17, 15) is 13.6 Å². The van der Waals surface area contributed by atoms with E-state index in [0.717, 1.165) is 24.2 Å². The molecule has 1 saturated heterocycles. The second-order valence-corrected chi connectivity index (χ2v) is 9.02. The third kappa shape index (κ3) is 5.66. The van der Waals surface area contributed by atoms with Gasteiger partial charge in [-0.25, -0.2) is 8.78 Å². The fraction of sp³-hybridized carbons (Fsp3) is 0.480. The second kappa shape index (κ2) is 9.69. The van der Waals surface area contributed by atoms with Crippen molar-refractivity contribution < 1.29 is 13.6 Å². The zero-order valence-corrected chi connectivity index (χ0v) is 18.4. The first-order chi connectivity index (χ1) is 14.2. The van der Waals surface area contributed by atoms with Crippen LogP contribution in [0.25, 0.3) is 0 Å². The Kier molecular flexibility index (Phi) is 7.24. The minimum atomic E-state index is -0.253. The van der Waals surface area contributed by atoms with Crippen molar-refractivity contribution in [2.75, 3.05) is 26.2 Å². The number of amides is 1. The standard InChI is InChI=1S/C25H32F2N2O/c1-17(2)12-29(19(4)30)15-22-14-28(13-21-11-18(3)5-10-25(21)27)16-24(22)20-6-8-23(26)9-7-20/h5-11,17,22,24H,12-16H2,1-4H3/t22-,24+/m0/s1. The van der Waals surface area contributed by atoms with Crippen LogP contribution in [0.4, 0.5) is 8.78 Å². The maximum absolute atomic E-state index is 14.3. The molecule has 5 heteroatoms. The number of likely N-dealkylation sites (tertiary alicyclic amines) is 1. The minimum absolute atomic E-state index is 0.0738. The summed E-state index contributed by atoms with van der Waals surface area (Å²) in [4.78, 5) is 16.4. The summed E-state index contributed by atoms with van der Waals surface area (Å²) in [7, 11) is 0. The van der Waals surface area contributed by atoms with Crippen molar-refractivity contribution in [1.29, 1.82) is 0 Å². The van der Waals surface area contributed by atoms with Crippen LogP contribution in [-0.4, -0.2) is 41.9 Å². The maximum Gasteiger partial charge on any atom is 0.219 e. The number of carbonyl (C=O) groups is 1. The topological polar surface area (TPSA) is 23.6 Å². The Balaban J connectivity index is 1.82. The summed E-state index contributed by atoms with van der Waals surface area (Å²) in [6, 6.07) is 11.9. The van der Waals surface area contributed by atoms with Gasteiger partial charge in [-0.15, -0.1) is 0 Å². The third-order valence-corrected chi connectivity index (χ3v) is 5.90. The fourth-order valence-electron chi connectivity index (χ4n) is 4.48. The van der Waals surface area contributed by atoms with Gasteiger partial charge in [-0.2, -0.15) is 0 Å². The van der Waals surface area contributed by atoms with E-state index in [1.165, 1.54) is 18.2 Å². The van der Waals surface area contributed by atoms with Gasteiger partial charge in [0.25, 0.3) is 0 Å². The molecule has 1 aliphatic heterocycles. The molecule has 0 unspecified atom stereocenters. The van der Waals surface area contributed by atoms with E-state index in [-0.39, 0.29) is 29.4 Å². The van der Waals surface area contributed by atoms with Crippen molar-refractivity contribution >= 4 is 5.91 Å². The maximum atomic E-state index is 14.3. The summed E-state index contributed by atoms with van der Waals surface area (Å²) in [5.74, 6) is 0.407. The average Bonchev–Trinajstić information content (AvgIpc) is 3.06. The van der Waals surface area contributed by atoms with Crippen LogP contribution in [-0.2, 0) is 11.3 Å². The summed E-state index contributed by atoms with van der Waals surface area (Å²) in [6.07, 6.45) is 0. The molecular formula is C25H32F2N2O. The lowest BCUT2D eigenvalue weighted by Gasteiger charge is -2.29. The van der Waals surface area contributed by atoms with E-state index in [1.54, 1.807) is 13.0 Å². The predicted molar refractivity (Wildman–Crippen MR) is 116 cm³/mol. The zero-order chi connectivity index (χ0) is 21.8. The molecule has 0 radical (unpaired) electrons. The molecule has 0 bridgehead atoms. The molecule has 0 N–H and O–H groups in total. The van der Waals surface area contributed by atoms with Gasteiger partial charge >= 0.3 is 0 Å². The monoisotopic (exact) mass is 414 g/mol. The Labute approximate surface area is 178 Å². The Bertz CT molecular complexity index is 866. The molecule has 0 saturated carbocycles. The molecular weight excluding hydrogens is 382 g/mol. The predicted octanol–water partition coefficient (Wildman–Crippen LogP) is 4.99. The van der Waals surface area contributed by atoms with Crippen LogP contribution < -0.4 is 0 Å². The summed E-state index contributed by atoms with van der Waals surface area (Å²) in [5.41, 5.74) is 2.80. The Morgan fingerprint density at radius 1 is 1.13 bits per heavy atom. The quantitative estimate of drug-likeness (QED) is 0.637. The highest BCUT2D eigenvalue weighted by atomic mass is 19.1. The van der Waals surface area contributed by atoms with Crippen molar-refractivity contribution in [2.24, 2.45) is 11.8 Å². The molecule has 1 fully saturated rings. The van der Waals surface area contributed by atoms with Crippen LogP contribution in [0.2, 0.25) is 0 Å². The first-order valence-electron chi connectivity index (χ1n) is 10.7. The van der Waals surface area contributed by atoms with Gasteiger partial charge in [0, 0.05) is 51.1 Å². The van der Waals surface area contributed by atoms with E-state index < -0.39 is 0 Å². The van der Waals surface area contributed by atoms with Gasteiger partial charge in [-0.3, -0.25) is 9.69 Å². The van der Waals surface area contributed by atoms with E-state index in [0.29, 0.717) is 31.1 Å². The van der Waals surface area contributed by atoms with Gasteiger partial charge in [0.05, 0.1) is 0 Å². The van der Waals surface area contributed by atoms with Gasteiger partial charge < -0.3 is 4.90 Å². The van der Waals surface area contributed by atoms with Gasteiger partial charge in [0.2, 0.25) is 5.91 Å². The largest absolute Gasteiger partial charge is 0.342 e. The fourth-order valence-corrected chi connectivity index (χ4v) is 4.48. The van der Waals surface area contributed by atoms with Gasteiger partial charge in [-0.1, -0.05) is 43.7 Å². The smallest absolute Gasteiger partial charge is 0.219 e. The number of aryl methyl sites for hydroxylation is 1. The number of nitrogens with zero attached hydrogens (tertiary/aromatic N) is 2. The van der Waals surface area contributed by atoms with Gasteiger partial charge in [0.1, 0.15) is 11.6 Å². The number of halogens is 2. The summed E-state index contributed by atoms with van der Waals surface area (Å²) >= 11 is 0. The molecule has 2 aromatic rings.